The van der Waals surface area contributed by atoms with E-state index < -0.39 is 0 Å². The molecule has 0 saturated heterocycles. The van der Waals surface area contributed by atoms with E-state index in [1.807, 2.05) is 33.0 Å². The largest absolute Gasteiger partial charge is 0.354 e. The van der Waals surface area contributed by atoms with Crippen molar-refractivity contribution in [2.75, 3.05) is 11.9 Å². The highest BCUT2D eigenvalue weighted by Crippen LogP contribution is 2.07. The van der Waals surface area contributed by atoms with Gasteiger partial charge in [-0.1, -0.05) is 0 Å². The first-order valence-corrected chi connectivity index (χ1v) is 6.20. The fourth-order valence-electron chi connectivity index (χ4n) is 1.91. The van der Waals surface area contributed by atoms with Crippen LogP contribution in [-0.2, 0) is 6.42 Å². The number of rotatable bonds is 5. The molecule has 0 aliphatic rings. The molecule has 0 aliphatic heterocycles. The van der Waals surface area contributed by atoms with Crippen molar-refractivity contribution >= 4 is 5.95 Å². The maximum atomic E-state index is 4.35. The van der Waals surface area contributed by atoms with Gasteiger partial charge in [0.25, 0.3) is 0 Å². The normalized spacial score (nSPS) is 10.6. The van der Waals surface area contributed by atoms with Gasteiger partial charge in [0.2, 0.25) is 5.95 Å². The summed E-state index contributed by atoms with van der Waals surface area (Å²) < 4.78 is 0. The van der Waals surface area contributed by atoms with Crippen LogP contribution in [0.4, 0.5) is 5.95 Å². The van der Waals surface area contributed by atoms with Gasteiger partial charge in [0.15, 0.2) is 0 Å². The highest BCUT2D eigenvalue weighted by atomic mass is 15.1. The van der Waals surface area contributed by atoms with Crippen LogP contribution in [0.1, 0.15) is 29.1 Å². The minimum absolute atomic E-state index is 0.719. The Balaban J connectivity index is 1.80. The lowest BCUT2D eigenvalue weighted by molar-refractivity contribution is 0.844. The molecule has 2 N–H and O–H groups in total. The Morgan fingerprint density at radius 1 is 1.17 bits per heavy atom. The van der Waals surface area contributed by atoms with Crippen LogP contribution in [0, 0.1) is 20.8 Å². The molecule has 0 spiro atoms. The van der Waals surface area contributed by atoms with Crippen molar-refractivity contribution in [1.82, 2.24) is 20.2 Å². The average molecular weight is 245 g/mol. The number of nitrogens with one attached hydrogen (secondary N) is 2. The van der Waals surface area contributed by atoms with Crippen LogP contribution in [0.5, 0.6) is 0 Å². The van der Waals surface area contributed by atoms with Gasteiger partial charge >= 0.3 is 0 Å². The SMILES string of the molecule is Cc1cc(C)nc(NCCCc2cn[nH]c2C)n1. The third-order valence-corrected chi connectivity index (χ3v) is 2.82. The minimum atomic E-state index is 0.719. The number of hydrogen-bond acceptors (Lipinski definition) is 4. The van der Waals surface area contributed by atoms with Crippen LogP contribution in [0.3, 0.4) is 0 Å². The molecule has 0 radical (unpaired) electrons. The summed E-state index contributed by atoms with van der Waals surface area (Å²) >= 11 is 0. The highest BCUT2D eigenvalue weighted by molar-refractivity contribution is 5.27. The molecule has 0 amide bonds. The molecule has 0 saturated carbocycles. The smallest absolute Gasteiger partial charge is 0.223 e. The molecule has 2 aromatic rings. The molecule has 18 heavy (non-hydrogen) atoms. The Labute approximate surface area is 107 Å². The van der Waals surface area contributed by atoms with Crippen molar-refractivity contribution in [3.8, 4) is 0 Å². The van der Waals surface area contributed by atoms with Crippen LogP contribution in [0.15, 0.2) is 12.3 Å². The van der Waals surface area contributed by atoms with E-state index in [1.54, 1.807) is 0 Å². The van der Waals surface area contributed by atoms with Gasteiger partial charge in [-0.15, -0.1) is 0 Å². The highest BCUT2D eigenvalue weighted by Gasteiger charge is 2.01. The maximum Gasteiger partial charge on any atom is 0.223 e. The maximum absolute atomic E-state index is 4.35. The fraction of sp³-hybridized carbons (Fsp3) is 0.462. The predicted octanol–water partition coefficient (Wildman–Crippen LogP) is 2.17. The van der Waals surface area contributed by atoms with E-state index in [-0.39, 0.29) is 0 Å². The third-order valence-electron chi connectivity index (χ3n) is 2.82. The Morgan fingerprint density at radius 2 is 1.89 bits per heavy atom. The van der Waals surface area contributed by atoms with Crippen LogP contribution in [0.25, 0.3) is 0 Å². The summed E-state index contributed by atoms with van der Waals surface area (Å²) in [5.74, 6) is 0.719. The van der Waals surface area contributed by atoms with Crippen molar-refractivity contribution in [1.29, 1.82) is 0 Å². The summed E-state index contributed by atoms with van der Waals surface area (Å²) in [7, 11) is 0. The summed E-state index contributed by atoms with van der Waals surface area (Å²) in [4.78, 5) is 8.69. The first kappa shape index (κ1) is 12.5. The molecule has 96 valence electrons. The Morgan fingerprint density at radius 3 is 2.50 bits per heavy atom. The number of aryl methyl sites for hydroxylation is 4. The zero-order chi connectivity index (χ0) is 13.0. The lowest BCUT2D eigenvalue weighted by Gasteiger charge is -2.06. The number of nitrogens with zero attached hydrogens (tertiary/aromatic N) is 3. The zero-order valence-corrected chi connectivity index (χ0v) is 11.1. The topological polar surface area (TPSA) is 66.5 Å². The van der Waals surface area contributed by atoms with Crippen molar-refractivity contribution in [3.63, 3.8) is 0 Å². The van der Waals surface area contributed by atoms with Gasteiger partial charge in [0, 0.05) is 23.6 Å². The summed E-state index contributed by atoms with van der Waals surface area (Å²) in [5.41, 5.74) is 4.42. The van der Waals surface area contributed by atoms with Crippen molar-refractivity contribution in [2.24, 2.45) is 0 Å². The second kappa shape index (κ2) is 5.62. The molecule has 0 bridgehead atoms. The number of anilines is 1. The molecule has 0 unspecified atom stereocenters. The monoisotopic (exact) mass is 245 g/mol. The van der Waals surface area contributed by atoms with E-state index in [0.717, 1.165) is 42.4 Å². The number of H-pyrrole nitrogens is 1. The first-order chi connectivity index (χ1) is 8.65. The van der Waals surface area contributed by atoms with E-state index in [1.165, 1.54) is 5.56 Å². The second-order valence-electron chi connectivity index (χ2n) is 4.52. The lowest BCUT2D eigenvalue weighted by Crippen LogP contribution is -2.07. The third kappa shape index (κ3) is 3.29. The molecule has 0 aromatic carbocycles. The molecular formula is C13H19N5. The van der Waals surface area contributed by atoms with Crippen LogP contribution in [-0.4, -0.2) is 26.7 Å². The van der Waals surface area contributed by atoms with Crippen molar-refractivity contribution in [3.05, 3.63) is 34.9 Å². The fourth-order valence-corrected chi connectivity index (χ4v) is 1.91. The molecule has 5 nitrogen and oxygen atoms in total. The van der Waals surface area contributed by atoms with Crippen molar-refractivity contribution in [2.45, 2.75) is 33.6 Å². The van der Waals surface area contributed by atoms with E-state index >= 15 is 0 Å². The molecule has 5 heteroatoms. The Bertz CT molecular complexity index is 498. The Kier molecular flexibility index (Phi) is 3.92. The molecule has 2 heterocycles. The average Bonchev–Trinajstić information content (AvgIpc) is 2.69. The van der Waals surface area contributed by atoms with Crippen LogP contribution in [0.2, 0.25) is 0 Å². The number of aromatic nitrogens is 4. The van der Waals surface area contributed by atoms with Crippen LogP contribution < -0.4 is 5.32 Å². The Hall–Kier alpha value is -1.91. The first-order valence-electron chi connectivity index (χ1n) is 6.20. The van der Waals surface area contributed by atoms with Gasteiger partial charge < -0.3 is 5.32 Å². The quantitative estimate of drug-likeness (QED) is 0.792. The van der Waals surface area contributed by atoms with E-state index in [9.17, 15) is 0 Å². The summed E-state index contributed by atoms with van der Waals surface area (Å²) in [6, 6.07) is 1.97. The molecule has 0 aliphatic carbocycles. The van der Waals surface area contributed by atoms with Gasteiger partial charge in [-0.2, -0.15) is 5.10 Å². The number of hydrogen-bond donors (Lipinski definition) is 2. The van der Waals surface area contributed by atoms with Crippen molar-refractivity contribution < 1.29 is 0 Å². The van der Waals surface area contributed by atoms with E-state index in [2.05, 4.69) is 25.5 Å². The van der Waals surface area contributed by atoms with Gasteiger partial charge in [-0.3, -0.25) is 5.10 Å². The molecule has 0 fully saturated rings. The molecular weight excluding hydrogens is 226 g/mol. The number of aromatic amines is 1. The predicted molar refractivity (Wildman–Crippen MR) is 71.6 cm³/mol. The molecule has 2 aromatic heterocycles. The van der Waals surface area contributed by atoms with E-state index in [4.69, 9.17) is 0 Å². The summed E-state index contributed by atoms with van der Waals surface area (Å²) in [5, 5.41) is 10.2. The molecule has 0 atom stereocenters. The van der Waals surface area contributed by atoms with Gasteiger partial charge in [0.05, 0.1) is 6.20 Å². The molecule has 2 rings (SSSR count). The standard InChI is InChI=1S/C13H19N5/c1-9-7-10(2)17-13(16-9)14-6-4-5-12-8-15-18-11(12)3/h7-8H,4-6H2,1-3H3,(H,15,18)(H,14,16,17). The minimum Gasteiger partial charge on any atom is -0.354 e. The lowest BCUT2D eigenvalue weighted by atomic mass is 10.1. The van der Waals surface area contributed by atoms with Gasteiger partial charge in [-0.05, 0) is 45.2 Å². The van der Waals surface area contributed by atoms with Gasteiger partial charge in [-0.25, -0.2) is 9.97 Å². The van der Waals surface area contributed by atoms with Gasteiger partial charge in [0.1, 0.15) is 0 Å². The summed E-state index contributed by atoms with van der Waals surface area (Å²) in [6.45, 7) is 6.87. The summed E-state index contributed by atoms with van der Waals surface area (Å²) in [6.07, 6.45) is 3.94. The zero-order valence-electron chi connectivity index (χ0n) is 11.1. The van der Waals surface area contributed by atoms with Crippen LogP contribution >= 0.6 is 0 Å². The van der Waals surface area contributed by atoms with E-state index in [0.29, 0.717) is 0 Å². The second-order valence-corrected chi connectivity index (χ2v) is 4.52.